The van der Waals surface area contributed by atoms with Crippen molar-refractivity contribution in [2.75, 3.05) is 40.0 Å². The Hall–Kier alpha value is -1.14. The summed E-state index contributed by atoms with van der Waals surface area (Å²) in [6.45, 7) is 6.91. The van der Waals surface area contributed by atoms with E-state index in [0.29, 0.717) is 51.7 Å². The minimum Gasteiger partial charge on any atom is -0.385 e. The van der Waals surface area contributed by atoms with Crippen LogP contribution >= 0.6 is 0 Å². The highest BCUT2D eigenvalue weighted by Crippen LogP contribution is 2.11. The van der Waals surface area contributed by atoms with Crippen LogP contribution in [-0.4, -0.2) is 62.8 Å². The van der Waals surface area contributed by atoms with Gasteiger partial charge in [-0.3, -0.25) is 9.59 Å². The van der Waals surface area contributed by atoms with Crippen molar-refractivity contribution in [1.82, 2.24) is 10.2 Å². The van der Waals surface area contributed by atoms with Gasteiger partial charge in [-0.1, -0.05) is 13.8 Å². The zero-order chi connectivity index (χ0) is 15.7. The quantitative estimate of drug-likeness (QED) is 0.640. The molecule has 0 aromatic heterocycles. The van der Waals surface area contributed by atoms with E-state index in [0.717, 1.165) is 6.42 Å². The van der Waals surface area contributed by atoms with Crippen molar-refractivity contribution in [3.63, 3.8) is 0 Å². The summed E-state index contributed by atoms with van der Waals surface area (Å²) in [6, 6.07) is -0.395. The Kier molecular flexibility index (Phi) is 8.30. The van der Waals surface area contributed by atoms with E-state index in [-0.39, 0.29) is 11.8 Å². The Bertz CT molecular complexity index is 334. The van der Waals surface area contributed by atoms with Gasteiger partial charge in [0, 0.05) is 39.8 Å². The van der Waals surface area contributed by atoms with Gasteiger partial charge >= 0.3 is 0 Å². The summed E-state index contributed by atoms with van der Waals surface area (Å²) in [5.74, 6) is 0.331. The van der Waals surface area contributed by atoms with Gasteiger partial charge in [-0.05, 0) is 18.8 Å². The van der Waals surface area contributed by atoms with Crippen LogP contribution in [0.3, 0.4) is 0 Å². The lowest BCUT2D eigenvalue weighted by molar-refractivity contribution is -0.134. The molecule has 0 spiro atoms. The third-order valence-electron chi connectivity index (χ3n) is 3.40. The summed E-state index contributed by atoms with van der Waals surface area (Å²) >= 11 is 0. The molecule has 1 unspecified atom stereocenters. The molecular weight excluding hydrogens is 272 g/mol. The fraction of sp³-hybridized carbons (Fsp3) is 0.867. The number of nitrogens with zero attached hydrogens (tertiary/aromatic N) is 1. The van der Waals surface area contributed by atoms with E-state index in [1.165, 1.54) is 0 Å². The van der Waals surface area contributed by atoms with E-state index in [9.17, 15) is 9.59 Å². The van der Waals surface area contributed by atoms with E-state index in [1.54, 1.807) is 12.0 Å². The second-order valence-corrected chi connectivity index (χ2v) is 5.78. The molecule has 1 aliphatic rings. The average molecular weight is 300 g/mol. The number of hydrogen-bond donors (Lipinski definition) is 1. The Balaban J connectivity index is 2.40. The lowest BCUT2D eigenvalue weighted by atomic mass is 10.0. The first-order valence-corrected chi connectivity index (χ1v) is 7.69. The van der Waals surface area contributed by atoms with Gasteiger partial charge in [-0.15, -0.1) is 0 Å². The maximum absolute atomic E-state index is 12.4. The molecule has 0 aromatic rings. The van der Waals surface area contributed by atoms with Gasteiger partial charge in [0.05, 0.1) is 6.61 Å². The number of ether oxygens (including phenoxy) is 2. The van der Waals surface area contributed by atoms with E-state index < -0.39 is 6.04 Å². The molecule has 0 radical (unpaired) electrons. The first-order chi connectivity index (χ1) is 10.0. The van der Waals surface area contributed by atoms with Crippen LogP contribution < -0.4 is 5.32 Å². The van der Waals surface area contributed by atoms with Crippen LogP contribution in [0.25, 0.3) is 0 Å². The van der Waals surface area contributed by atoms with Crippen molar-refractivity contribution in [2.45, 2.75) is 39.2 Å². The summed E-state index contributed by atoms with van der Waals surface area (Å²) in [6.07, 6.45) is 1.89. The first kappa shape index (κ1) is 17.9. The third kappa shape index (κ3) is 6.91. The highest BCUT2D eigenvalue weighted by atomic mass is 16.5. The van der Waals surface area contributed by atoms with Crippen LogP contribution in [0.2, 0.25) is 0 Å². The van der Waals surface area contributed by atoms with Crippen LogP contribution in [0.15, 0.2) is 0 Å². The second-order valence-electron chi connectivity index (χ2n) is 5.78. The molecule has 0 saturated carbocycles. The van der Waals surface area contributed by atoms with Gasteiger partial charge in [0.15, 0.2) is 0 Å². The predicted octanol–water partition coefficient (Wildman–Crippen LogP) is 0.803. The monoisotopic (exact) mass is 300 g/mol. The SMILES string of the molecule is COCCCOCCN1CCC(=O)NC(CC(C)C)C1=O. The summed E-state index contributed by atoms with van der Waals surface area (Å²) in [5.41, 5.74) is 0. The predicted molar refractivity (Wildman–Crippen MR) is 79.9 cm³/mol. The van der Waals surface area contributed by atoms with Crippen LogP contribution in [0, 0.1) is 5.92 Å². The molecule has 1 atom stereocenters. The molecule has 1 rings (SSSR count). The van der Waals surface area contributed by atoms with Crippen LogP contribution in [0.1, 0.15) is 33.1 Å². The number of hydrogen-bond acceptors (Lipinski definition) is 4. The number of carbonyl (C=O) groups is 2. The van der Waals surface area contributed by atoms with Crippen molar-refractivity contribution >= 4 is 11.8 Å². The van der Waals surface area contributed by atoms with Crippen molar-refractivity contribution in [1.29, 1.82) is 0 Å². The first-order valence-electron chi connectivity index (χ1n) is 7.69. The fourth-order valence-corrected chi connectivity index (χ4v) is 2.33. The zero-order valence-corrected chi connectivity index (χ0v) is 13.4. The van der Waals surface area contributed by atoms with E-state index in [4.69, 9.17) is 9.47 Å². The molecule has 1 aliphatic heterocycles. The van der Waals surface area contributed by atoms with Crippen molar-refractivity contribution in [2.24, 2.45) is 5.92 Å². The van der Waals surface area contributed by atoms with Crippen LogP contribution in [0.5, 0.6) is 0 Å². The summed E-state index contributed by atoms with van der Waals surface area (Å²) in [4.78, 5) is 25.8. The molecule has 6 nitrogen and oxygen atoms in total. The molecule has 21 heavy (non-hydrogen) atoms. The minimum atomic E-state index is -0.395. The molecule has 0 aromatic carbocycles. The Labute approximate surface area is 127 Å². The largest absolute Gasteiger partial charge is 0.385 e. The zero-order valence-electron chi connectivity index (χ0n) is 13.4. The second kappa shape index (κ2) is 9.73. The van der Waals surface area contributed by atoms with E-state index in [1.807, 2.05) is 13.8 Å². The molecule has 1 heterocycles. The molecule has 1 saturated heterocycles. The van der Waals surface area contributed by atoms with Crippen molar-refractivity contribution in [3.8, 4) is 0 Å². The smallest absolute Gasteiger partial charge is 0.245 e. The Morgan fingerprint density at radius 1 is 1.29 bits per heavy atom. The maximum Gasteiger partial charge on any atom is 0.245 e. The summed E-state index contributed by atoms with van der Waals surface area (Å²) in [5, 5.41) is 2.82. The number of rotatable bonds is 9. The summed E-state index contributed by atoms with van der Waals surface area (Å²) in [7, 11) is 1.66. The molecule has 0 bridgehead atoms. The average Bonchev–Trinajstić information content (AvgIpc) is 2.55. The molecule has 6 heteroatoms. The molecule has 1 fully saturated rings. The number of methoxy groups -OCH3 is 1. The van der Waals surface area contributed by atoms with Gasteiger partial charge in [0.1, 0.15) is 6.04 Å². The Morgan fingerprint density at radius 2 is 2.05 bits per heavy atom. The van der Waals surface area contributed by atoms with Crippen molar-refractivity contribution < 1.29 is 19.1 Å². The molecule has 0 aliphatic carbocycles. The maximum atomic E-state index is 12.4. The lowest BCUT2D eigenvalue weighted by Crippen LogP contribution is -2.46. The standard InChI is InChI=1S/C15H28N2O4/c1-12(2)11-13-15(19)17(6-5-14(18)16-13)7-10-21-9-4-8-20-3/h12-13H,4-11H2,1-3H3,(H,16,18). The van der Waals surface area contributed by atoms with Gasteiger partial charge in [-0.25, -0.2) is 0 Å². The lowest BCUT2D eigenvalue weighted by Gasteiger charge is -2.24. The minimum absolute atomic E-state index is 0.00930. The van der Waals surface area contributed by atoms with Gasteiger partial charge in [0.2, 0.25) is 11.8 Å². The molecule has 2 amide bonds. The summed E-state index contributed by atoms with van der Waals surface area (Å²) < 4.78 is 10.4. The van der Waals surface area contributed by atoms with E-state index in [2.05, 4.69) is 5.32 Å². The van der Waals surface area contributed by atoms with Gasteiger partial charge in [-0.2, -0.15) is 0 Å². The van der Waals surface area contributed by atoms with Gasteiger partial charge < -0.3 is 19.7 Å². The highest BCUT2D eigenvalue weighted by Gasteiger charge is 2.29. The molecule has 1 N–H and O–H groups in total. The van der Waals surface area contributed by atoms with Crippen molar-refractivity contribution in [3.05, 3.63) is 0 Å². The fourth-order valence-electron chi connectivity index (χ4n) is 2.33. The number of nitrogens with one attached hydrogen (secondary N) is 1. The number of carbonyl (C=O) groups excluding carboxylic acids is 2. The highest BCUT2D eigenvalue weighted by molar-refractivity contribution is 5.89. The van der Waals surface area contributed by atoms with Crippen LogP contribution in [-0.2, 0) is 19.1 Å². The molecule has 122 valence electrons. The third-order valence-corrected chi connectivity index (χ3v) is 3.40. The van der Waals surface area contributed by atoms with E-state index >= 15 is 0 Å². The van der Waals surface area contributed by atoms with Crippen LogP contribution in [0.4, 0.5) is 0 Å². The Morgan fingerprint density at radius 3 is 2.71 bits per heavy atom. The number of amides is 2. The normalized spacial score (nSPS) is 19.8. The van der Waals surface area contributed by atoms with Gasteiger partial charge in [0.25, 0.3) is 0 Å². The molecular formula is C15H28N2O4. The topological polar surface area (TPSA) is 67.9 Å².